The van der Waals surface area contributed by atoms with Crippen molar-refractivity contribution in [3.63, 3.8) is 0 Å². The first-order valence-corrected chi connectivity index (χ1v) is 13.7. The van der Waals surface area contributed by atoms with Crippen LogP contribution in [0.2, 0.25) is 0 Å². The third-order valence-corrected chi connectivity index (χ3v) is 7.94. The SMILES string of the molecule is CC[C@@H](C(=O)NC)N(Cc1ccc(F)cc1)C(=O)CN(c1cc(OC)ccc1OC)S(=O)(=O)c1ccccc1. The van der Waals surface area contributed by atoms with E-state index in [-0.39, 0.29) is 29.3 Å². The number of sulfonamides is 1. The van der Waals surface area contributed by atoms with E-state index in [4.69, 9.17) is 9.47 Å². The molecular weight excluding hydrogens is 525 g/mol. The molecule has 9 nitrogen and oxygen atoms in total. The number of amides is 2. The Kier molecular flexibility index (Phi) is 9.89. The van der Waals surface area contributed by atoms with Crippen LogP contribution >= 0.6 is 0 Å². The van der Waals surface area contributed by atoms with Crippen LogP contribution in [0.5, 0.6) is 11.5 Å². The third-order valence-electron chi connectivity index (χ3n) is 6.16. The van der Waals surface area contributed by atoms with E-state index >= 15 is 0 Å². The van der Waals surface area contributed by atoms with Crippen LogP contribution in [0.15, 0.2) is 77.7 Å². The van der Waals surface area contributed by atoms with Crippen molar-refractivity contribution in [2.75, 3.05) is 32.1 Å². The van der Waals surface area contributed by atoms with Gasteiger partial charge in [-0.15, -0.1) is 0 Å². The van der Waals surface area contributed by atoms with E-state index in [1.165, 1.54) is 68.6 Å². The van der Waals surface area contributed by atoms with Gasteiger partial charge in [0, 0.05) is 19.7 Å². The lowest BCUT2D eigenvalue weighted by molar-refractivity contribution is -0.140. The number of nitrogens with zero attached hydrogens (tertiary/aromatic N) is 2. The van der Waals surface area contributed by atoms with Crippen LogP contribution in [-0.2, 0) is 26.2 Å². The predicted molar refractivity (Wildman–Crippen MR) is 146 cm³/mol. The van der Waals surface area contributed by atoms with Gasteiger partial charge >= 0.3 is 0 Å². The molecule has 3 aromatic carbocycles. The van der Waals surface area contributed by atoms with Crippen molar-refractivity contribution in [3.05, 3.63) is 84.2 Å². The van der Waals surface area contributed by atoms with Crippen molar-refractivity contribution in [2.24, 2.45) is 0 Å². The topological polar surface area (TPSA) is 105 Å². The van der Waals surface area contributed by atoms with E-state index in [0.29, 0.717) is 11.3 Å². The molecule has 1 atom stereocenters. The first-order chi connectivity index (χ1) is 18.7. The number of benzene rings is 3. The molecule has 0 aliphatic rings. The summed E-state index contributed by atoms with van der Waals surface area (Å²) in [6, 6.07) is 16.9. The molecule has 0 fully saturated rings. The molecule has 0 aromatic heterocycles. The van der Waals surface area contributed by atoms with E-state index in [1.807, 2.05) is 0 Å². The number of likely N-dealkylation sites (N-methyl/N-ethyl adjacent to an activating group) is 1. The molecule has 1 N–H and O–H groups in total. The van der Waals surface area contributed by atoms with Gasteiger partial charge in [0.1, 0.15) is 29.9 Å². The number of halogens is 1. The van der Waals surface area contributed by atoms with Gasteiger partial charge in [-0.05, 0) is 48.4 Å². The van der Waals surface area contributed by atoms with E-state index in [1.54, 1.807) is 37.3 Å². The largest absolute Gasteiger partial charge is 0.497 e. The first kappa shape index (κ1) is 29.4. The molecule has 0 spiro atoms. The normalized spacial score (nSPS) is 11.8. The van der Waals surface area contributed by atoms with Gasteiger partial charge < -0.3 is 19.7 Å². The second-order valence-corrected chi connectivity index (χ2v) is 10.4. The summed E-state index contributed by atoms with van der Waals surface area (Å²) in [7, 11) is 0.00610. The number of rotatable bonds is 12. The highest BCUT2D eigenvalue weighted by atomic mass is 32.2. The second-order valence-electron chi connectivity index (χ2n) is 8.55. The fourth-order valence-corrected chi connectivity index (χ4v) is 5.53. The van der Waals surface area contributed by atoms with Gasteiger partial charge in [0.25, 0.3) is 10.0 Å². The van der Waals surface area contributed by atoms with Gasteiger partial charge in [0.05, 0.1) is 24.8 Å². The molecule has 3 aromatic rings. The molecule has 39 heavy (non-hydrogen) atoms. The summed E-state index contributed by atoms with van der Waals surface area (Å²) < 4.78 is 53.1. The van der Waals surface area contributed by atoms with Crippen LogP contribution in [-0.4, -0.2) is 59.0 Å². The maximum atomic E-state index is 13.9. The summed E-state index contributed by atoms with van der Waals surface area (Å²) >= 11 is 0. The maximum absolute atomic E-state index is 13.9. The molecular formula is C28H32FN3O6S. The molecule has 0 saturated heterocycles. The Balaban J connectivity index is 2.13. The number of hydrogen-bond acceptors (Lipinski definition) is 6. The zero-order chi connectivity index (χ0) is 28.6. The maximum Gasteiger partial charge on any atom is 0.264 e. The fraction of sp³-hybridized carbons (Fsp3) is 0.286. The first-order valence-electron chi connectivity index (χ1n) is 12.2. The van der Waals surface area contributed by atoms with Gasteiger partial charge in [-0.3, -0.25) is 13.9 Å². The van der Waals surface area contributed by atoms with E-state index < -0.39 is 40.2 Å². The van der Waals surface area contributed by atoms with Gasteiger partial charge in [-0.2, -0.15) is 0 Å². The molecule has 0 heterocycles. The summed E-state index contributed by atoms with van der Waals surface area (Å²) in [6.07, 6.45) is 0.264. The quantitative estimate of drug-likeness (QED) is 0.365. The van der Waals surface area contributed by atoms with Crippen molar-refractivity contribution in [2.45, 2.75) is 30.8 Å². The predicted octanol–water partition coefficient (Wildman–Crippen LogP) is 3.59. The molecule has 0 aliphatic carbocycles. The number of carbonyl (C=O) groups is 2. The Bertz CT molecular complexity index is 1380. The molecule has 0 radical (unpaired) electrons. The Labute approximate surface area is 228 Å². The van der Waals surface area contributed by atoms with Crippen LogP contribution in [0.1, 0.15) is 18.9 Å². The number of ether oxygens (including phenoxy) is 2. The van der Waals surface area contributed by atoms with Crippen molar-refractivity contribution in [3.8, 4) is 11.5 Å². The van der Waals surface area contributed by atoms with E-state index in [9.17, 15) is 22.4 Å². The minimum Gasteiger partial charge on any atom is -0.497 e. The average molecular weight is 558 g/mol. The number of nitrogens with one attached hydrogen (secondary N) is 1. The minimum absolute atomic E-state index is 0.0360. The lowest BCUT2D eigenvalue weighted by Gasteiger charge is -2.33. The summed E-state index contributed by atoms with van der Waals surface area (Å²) in [5.74, 6) is -0.943. The third kappa shape index (κ3) is 6.85. The number of carbonyl (C=O) groups excluding carboxylic acids is 2. The molecule has 0 aliphatic heterocycles. The van der Waals surface area contributed by atoms with E-state index in [2.05, 4.69) is 5.32 Å². The van der Waals surface area contributed by atoms with Crippen LogP contribution < -0.4 is 19.1 Å². The lowest BCUT2D eigenvalue weighted by atomic mass is 10.1. The van der Waals surface area contributed by atoms with Crippen molar-refractivity contribution < 1.29 is 31.9 Å². The Morgan fingerprint density at radius 2 is 1.64 bits per heavy atom. The minimum atomic E-state index is -4.28. The fourth-order valence-electron chi connectivity index (χ4n) is 4.10. The second kappa shape index (κ2) is 13.1. The highest BCUT2D eigenvalue weighted by Gasteiger charge is 2.34. The van der Waals surface area contributed by atoms with Crippen LogP contribution in [0.3, 0.4) is 0 Å². The summed E-state index contributed by atoms with van der Waals surface area (Å²) in [6.45, 7) is 1.06. The van der Waals surface area contributed by atoms with Crippen molar-refractivity contribution in [1.29, 1.82) is 0 Å². The molecule has 3 rings (SSSR count). The molecule has 2 amide bonds. The van der Waals surface area contributed by atoms with Gasteiger partial charge in [-0.25, -0.2) is 12.8 Å². The Hall–Kier alpha value is -4.12. The zero-order valence-electron chi connectivity index (χ0n) is 22.3. The number of anilines is 1. The highest BCUT2D eigenvalue weighted by Crippen LogP contribution is 2.36. The highest BCUT2D eigenvalue weighted by molar-refractivity contribution is 7.92. The molecule has 11 heteroatoms. The standard InChI is InChI=1S/C28H32FN3O6S/c1-5-24(28(34)30-2)31(18-20-11-13-21(29)14-12-20)27(33)19-32(39(35,36)23-9-7-6-8-10-23)25-17-22(37-3)15-16-26(25)38-4/h6-17,24H,5,18-19H2,1-4H3,(H,30,34)/t24-/m0/s1. The number of methoxy groups -OCH3 is 2. The Morgan fingerprint density at radius 1 is 0.974 bits per heavy atom. The van der Waals surface area contributed by atoms with Gasteiger partial charge in [-0.1, -0.05) is 37.3 Å². The molecule has 0 unspecified atom stereocenters. The van der Waals surface area contributed by atoms with Crippen LogP contribution in [0, 0.1) is 5.82 Å². The number of hydrogen-bond donors (Lipinski definition) is 1. The summed E-state index contributed by atoms with van der Waals surface area (Å²) in [5.41, 5.74) is 0.660. The van der Waals surface area contributed by atoms with Crippen molar-refractivity contribution >= 4 is 27.5 Å². The van der Waals surface area contributed by atoms with Gasteiger partial charge in [0.2, 0.25) is 11.8 Å². The van der Waals surface area contributed by atoms with Gasteiger partial charge in [0.15, 0.2) is 0 Å². The Morgan fingerprint density at radius 3 is 2.21 bits per heavy atom. The molecule has 208 valence electrons. The monoisotopic (exact) mass is 557 g/mol. The average Bonchev–Trinajstić information content (AvgIpc) is 2.96. The summed E-state index contributed by atoms with van der Waals surface area (Å²) in [4.78, 5) is 28.0. The van der Waals surface area contributed by atoms with Crippen LogP contribution in [0.4, 0.5) is 10.1 Å². The molecule has 0 saturated carbocycles. The van der Waals surface area contributed by atoms with Crippen LogP contribution in [0.25, 0.3) is 0 Å². The van der Waals surface area contributed by atoms with E-state index in [0.717, 1.165) is 4.31 Å². The smallest absolute Gasteiger partial charge is 0.264 e. The summed E-state index contributed by atoms with van der Waals surface area (Å²) in [5, 5.41) is 2.56. The lowest BCUT2D eigenvalue weighted by Crippen LogP contribution is -2.51. The molecule has 0 bridgehead atoms. The zero-order valence-corrected chi connectivity index (χ0v) is 23.1. The van der Waals surface area contributed by atoms with Crippen molar-refractivity contribution in [1.82, 2.24) is 10.2 Å².